The third-order valence-corrected chi connectivity index (χ3v) is 3.19. The molecule has 6 heteroatoms. The number of amides is 1. The molecule has 0 aliphatic carbocycles. The van der Waals surface area contributed by atoms with E-state index in [1.807, 2.05) is 6.07 Å². The highest BCUT2D eigenvalue weighted by atomic mass is 35.5. The first-order valence-electron chi connectivity index (χ1n) is 6.10. The number of carbonyl (C=O) groups excluding carboxylic acids is 1. The summed E-state index contributed by atoms with van der Waals surface area (Å²) in [4.78, 5) is 27.8. The Bertz CT molecular complexity index is 889. The predicted molar refractivity (Wildman–Crippen MR) is 79.7 cm³/mol. The lowest BCUT2D eigenvalue weighted by Gasteiger charge is -2.05. The van der Waals surface area contributed by atoms with Gasteiger partial charge in [0.25, 0.3) is 5.91 Å². The van der Waals surface area contributed by atoms with E-state index in [1.54, 1.807) is 30.3 Å². The Kier molecular flexibility index (Phi) is 3.41. The van der Waals surface area contributed by atoms with Crippen molar-refractivity contribution in [3.8, 4) is 0 Å². The maximum Gasteiger partial charge on any atom is 0.360 e. The minimum absolute atomic E-state index is 0.0543. The first kappa shape index (κ1) is 13.3. The fraction of sp³-hybridized carbons (Fsp3) is 0. The van der Waals surface area contributed by atoms with Gasteiger partial charge < -0.3 is 9.73 Å². The van der Waals surface area contributed by atoms with E-state index in [0.29, 0.717) is 11.0 Å². The second-order valence-electron chi connectivity index (χ2n) is 4.28. The number of nitrogens with zero attached hydrogens (tertiary/aromatic N) is 1. The summed E-state index contributed by atoms with van der Waals surface area (Å²) in [6.07, 6.45) is 1.48. The summed E-state index contributed by atoms with van der Waals surface area (Å²) >= 11 is 5.85. The molecule has 3 rings (SSSR count). The maximum absolute atomic E-state index is 12.1. The third-order valence-electron chi connectivity index (χ3n) is 2.89. The van der Waals surface area contributed by atoms with Crippen molar-refractivity contribution in [1.82, 2.24) is 4.98 Å². The van der Waals surface area contributed by atoms with Gasteiger partial charge in [-0.15, -0.1) is 0 Å². The van der Waals surface area contributed by atoms with Gasteiger partial charge in [0.2, 0.25) is 0 Å². The average Bonchev–Trinajstić information content (AvgIpc) is 2.48. The van der Waals surface area contributed by atoms with Crippen LogP contribution >= 0.6 is 11.6 Å². The quantitative estimate of drug-likeness (QED) is 0.583. The Morgan fingerprint density at radius 3 is 2.81 bits per heavy atom. The van der Waals surface area contributed by atoms with Gasteiger partial charge in [-0.25, -0.2) is 9.78 Å². The number of rotatable bonds is 2. The lowest BCUT2D eigenvalue weighted by atomic mass is 10.2. The Morgan fingerprint density at radius 2 is 2.00 bits per heavy atom. The predicted octanol–water partition coefficient (Wildman–Crippen LogP) is 3.09. The molecule has 21 heavy (non-hydrogen) atoms. The van der Waals surface area contributed by atoms with E-state index in [4.69, 9.17) is 16.0 Å². The van der Waals surface area contributed by atoms with Crippen molar-refractivity contribution in [2.24, 2.45) is 0 Å². The molecule has 0 unspecified atom stereocenters. The zero-order valence-corrected chi connectivity index (χ0v) is 11.4. The third kappa shape index (κ3) is 2.64. The highest BCUT2D eigenvalue weighted by Crippen LogP contribution is 2.17. The summed E-state index contributed by atoms with van der Waals surface area (Å²) in [7, 11) is 0. The van der Waals surface area contributed by atoms with Crippen LogP contribution in [0.15, 0.2) is 57.9 Å². The minimum Gasteiger partial charge on any atom is -0.421 e. The molecule has 1 aromatic carbocycles. The number of fused-ring (bicyclic) bond motifs is 1. The fourth-order valence-electron chi connectivity index (χ4n) is 1.89. The smallest absolute Gasteiger partial charge is 0.360 e. The number of para-hydroxylation sites is 1. The number of carbonyl (C=O) groups is 1. The molecule has 1 amide bonds. The van der Waals surface area contributed by atoms with Gasteiger partial charge in [0.05, 0.1) is 5.56 Å². The maximum atomic E-state index is 12.1. The van der Waals surface area contributed by atoms with Gasteiger partial charge in [-0.05, 0) is 24.3 Å². The normalized spacial score (nSPS) is 10.5. The molecule has 0 saturated carbocycles. The molecule has 0 fully saturated rings. The van der Waals surface area contributed by atoms with Gasteiger partial charge in [-0.2, -0.15) is 0 Å². The van der Waals surface area contributed by atoms with E-state index in [0.717, 1.165) is 0 Å². The highest BCUT2D eigenvalue weighted by molar-refractivity contribution is 6.33. The topological polar surface area (TPSA) is 72.2 Å². The molecule has 0 bridgehead atoms. The van der Waals surface area contributed by atoms with Gasteiger partial charge in [0, 0.05) is 11.6 Å². The molecule has 0 radical (unpaired) electrons. The van der Waals surface area contributed by atoms with Crippen LogP contribution in [-0.2, 0) is 0 Å². The molecule has 3 aromatic rings. The molecule has 1 N–H and O–H groups in total. The SMILES string of the molecule is O=C(Nc1cc2ccccc2oc1=O)c1cccnc1Cl. The van der Waals surface area contributed by atoms with E-state index >= 15 is 0 Å². The van der Waals surface area contributed by atoms with Gasteiger partial charge >= 0.3 is 5.63 Å². The van der Waals surface area contributed by atoms with E-state index in [9.17, 15) is 9.59 Å². The Hall–Kier alpha value is -2.66. The van der Waals surface area contributed by atoms with E-state index < -0.39 is 11.5 Å². The van der Waals surface area contributed by atoms with Crippen molar-refractivity contribution in [2.45, 2.75) is 0 Å². The molecule has 5 nitrogen and oxygen atoms in total. The molecule has 0 aliphatic rings. The van der Waals surface area contributed by atoms with Gasteiger partial charge in [0.15, 0.2) is 0 Å². The first-order valence-corrected chi connectivity index (χ1v) is 6.48. The summed E-state index contributed by atoms with van der Waals surface area (Å²) in [6.45, 7) is 0. The zero-order valence-electron chi connectivity index (χ0n) is 10.7. The first-order chi connectivity index (χ1) is 10.1. The Labute approximate surface area is 124 Å². The number of pyridine rings is 1. The van der Waals surface area contributed by atoms with Crippen LogP contribution in [0.2, 0.25) is 5.15 Å². The summed E-state index contributed by atoms with van der Waals surface area (Å²) in [5.74, 6) is -0.518. The van der Waals surface area contributed by atoms with Crippen molar-refractivity contribution in [3.63, 3.8) is 0 Å². The molecule has 104 valence electrons. The molecule has 2 aromatic heterocycles. The van der Waals surface area contributed by atoms with Gasteiger partial charge in [0.1, 0.15) is 16.4 Å². The number of hydrogen-bond acceptors (Lipinski definition) is 4. The van der Waals surface area contributed by atoms with Gasteiger partial charge in [-0.1, -0.05) is 29.8 Å². The van der Waals surface area contributed by atoms with Crippen LogP contribution in [0.3, 0.4) is 0 Å². The number of anilines is 1. The van der Waals surface area contributed by atoms with Crippen LogP contribution < -0.4 is 10.9 Å². The molecule has 0 aliphatic heterocycles. The van der Waals surface area contributed by atoms with E-state index in [1.165, 1.54) is 12.3 Å². The lowest BCUT2D eigenvalue weighted by Crippen LogP contribution is -2.18. The monoisotopic (exact) mass is 300 g/mol. The van der Waals surface area contributed by atoms with Crippen molar-refractivity contribution < 1.29 is 9.21 Å². The van der Waals surface area contributed by atoms with E-state index in [2.05, 4.69) is 10.3 Å². The van der Waals surface area contributed by atoms with Crippen LogP contribution in [0.1, 0.15) is 10.4 Å². The largest absolute Gasteiger partial charge is 0.421 e. The van der Waals surface area contributed by atoms with E-state index in [-0.39, 0.29) is 16.4 Å². The average molecular weight is 301 g/mol. The van der Waals surface area contributed by atoms with Gasteiger partial charge in [-0.3, -0.25) is 4.79 Å². The molecule has 0 saturated heterocycles. The van der Waals surface area contributed by atoms with Crippen molar-refractivity contribution in [1.29, 1.82) is 0 Å². The summed E-state index contributed by atoms with van der Waals surface area (Å²) in [5.41, 5.74) is 0.0762. The van der Waals surface area contributed by atoms with Crippen LogP contribution in [0.25, 0.3) is 11.0 Å². The highest BCUT2D eigenvalue weighted by Gasteiger charge is 2.13. The van der Waals surface area contributed by atoms with Crippen molar-refractivity contribution in [3.05, 3.63) is 69.8 Å². The van der Waals surface area contributed by atoms with Crippen LogP contribution in [0, 0.1) is 0 Å². The molecular weight excluding hydrogens is 292 g/mol. The minimum atomic E-state index is -0.623. The van der Waals surface area contributed by atoms with Crippen molar-refractivity contribution in [2.75, 3.05) is 5.32 Å². The van der Waals surface area contributed by atoms with Crippen LogP contribution in [0.5, 0.6) is 0 Å². The summed E-state index contributed by atoms with van der Waals surface area (Å²) in [6, 6.07) is 11.7. The molecular formula is C15H9ClN2O3. The Morgan fingerprint density at radius 1 is 1.19 bits per heavy atom. The zero-order chi connectivity index (χ0) is 14.8. The second kappa shape index (κ2) is 5.38. The fourth-order valence-corrected chi connectivity index (χ4v) is 2.10. The molecule has 0 spiro atoms. The number of aromatic nitrogens is 1. The second-order valence-corrected chi connectivity index (χ2v) is 4.64. The lowest BCUT2D eigenvalue weighted by molar-refractivity contribution is 0.102. The summed E-state index contributed by atoms with van der Waals surface area (Å²) < 4.78 is 5.14. The van der Waals surface area contributed by atoms with Crippen LogP contribution in [-0.4, -0.2) is 10.9 Å². The standard InChI is InChI=1S/C15H9ClN2O3/c16-13-10(5-3-7-17-13)14(19)18-11-8-9-4-1-2-6-12(9)21-15(11)20/h1-8H,(H,18,19). The van der Waals surface area contributed by atoms with Crippen LogP contribution in [0.4, 0.5) is 5.69 Å². The number of hydrogen-bond donors (Lipinski definition) is 1. The molecule has 2 heterocycles. The number of nitrogens with one attached hydrogen (secondary N) is 1. The summed E-state index contributed by atoms with van der Waals surface area (Å²) in [5, 5.41) is 3.27. The number of halogens is 1. The number of benzene rings is 1. The Balaban J connectivity index is 1.98. The van der Waals surface area contributed by atoms with Crippen molar-refractivity contribution >= 4 is 34.2 Å². The molecule has 0 atom stereocenters.